The standard InChI is InChI=1S/C14H18N4O2/c19-12-2-4-14(17-12)3-1-8-18(9-5-14)13(20)11-10-15-6-7-16-11/h6-7,10H,1-5,8-9H2,(H,17,19). The van der Waals surface area contributed by atoms with E-state index >= 15 is 0 Å². The molecule has 20 heavy (non-hydrogen) atoms. The van der Waals surface area contributed by atoms with E-state index in [1.165, 1.54) is 12.4 Å². The Morgan fingerprint density at radius 3 is 2.85 bits per heavy atom. The van der Waals surface area contributed by atoms with Crippen LogP contribution < -0.4 is 5.32 Å². The monoisotopic (exact) mass is 274 g/mol. The van der Waals surface area contributed by atoms with Gasteiger partial charge in [0, 0.05) is 37.4 Å². The van der Waals surface area contributed by atoms with Crippen LogP contribution in [0.15, 0.2) is 18.6 Å². The smallest absolute Gasteiger partial charge is 0.274 e. The van der Waals surface area contributed by atoms with E-state index in [9.17, 15) is 9.59 Å². The summed E-state index contributed by atoms with van der Waals surface area (Å²) in [5.74, 6) is 0.0678. The Morgan fingerprint density at radius 1 is 1.25 bits per heavy atom. The minimum absolute atomic E-state index is 0.0699. The van der Waals surface area contributed by atoms with Crippen LogP contribution in [0.2, 0.25) is 0 Å². The first-order valence-corrected chi connectivity index (χ1v) is 7.05. The van der Waals surface area contributed by atoms with Gasteiger partial charge < -0.3 is 10.2 Å². The van der Waals surface area contributed by atoms with Gasteiger partial charge in [0.05, 0.1) is 6.20 Å². The number of aromatic nitrogens is 2. The highest BCUT2D eigenvalue weighted by atomic mass is 16.2. The second kappa shape index (κ2) is 5.19. The van der Waals surface area contributed by atoms with Gasteiger partial charge in [0.2, 0.25) is 5.91 Å². The molecule has 106 valence electrons. The van der Waals surface area contributed by atoms with E-state index in [0.29, 0.717) is 25.2 Å². The third kappa shape index (κ3) is 2.50. The molecule has 6 nitrogen and oxygen atoms in total. The number of hydrogen-bond donors (Lipinski definition) is 1. The van der Waals surface area contributed by atoms with Gasteiger partial charge in [-0.1, -0.05) is 0 Å². The van der Waals surface area contributed by atoms with E-state index in [1.807, 2.05) is 4.90 Å². The van der Waals surface area contributed by atoms with Gasteiger partial charge in [0.1, 0.15) is 5.69 Å². The van der Waals surface area contributed by atoms with Crippen LogP contribution in [0.25, 0.3) is 0 Å². The Morgan fingerprint density at radius 2 is 2.15 bits per heavy atom. The summed E-state index contributed by atoms with van der Waals surface area (Å²) in [5.41, 5.74) is 0.299. The summed E-state index contributed by atoms with van der Waals surface area (Å²) in [5, 5.41) is 3.10. The van der Waals surface area contributed by atoms with Gasteiger partial charge in [-0.05, 0) is 25.7 Å². The molecule has 2 fully saturated rings. The second-order valence-electron chi connectivity index (χ2n) is 5.56. The zero-order chi connectivity index (χ0) is 14.0. The predicted molar refractivity (Wildman–Crippen MR) is 71.9 cm³/mol. The van der Waals surface area contributed by atoms with E-state index in [2.05, 4.69) is 15.3 Å². The summed E-state index contributed by atoms with van der Waals surface area (Å²) < 4.78 is 0. The molecule has 1 spiro atoms. The number of carbonyl (C=O) groups is 2. The number of likely N-dealkylation sites (tertiary alicyclic amines) is 1. The highest BCUT2D eigenvalue weighted by Gasteiger charge is 2.39. The van der Waals surface area contributed by atoms with Crippen molar-refractivity contribution in [1.82, 2.24) is 20.2 Å². The van der Waals surface area contributed by atoms with Crippen LogP contribution in [0.4, 0.5) is 0 Å². The molecule has 2 aliphatic heterocycles. The first-order chi connectivity index (χ1) is 9.69. The fourth-order valence-corrected chi connectivity index (χ4v) is 3.12. The minimum atomic E-state index is -0.0888. The van der Waals surface area contributed by atoms with Crippen LogP contribution >= 0.6 is 0 Å². The second-order valence-corrected chi connectivity index (χ2v) is 5.56. The van der Waals surface area contributed by atoms with Crippen molar-refractivity contribution in [3.8, 4) is 0 Å². The van der Waals surface area contributed by atoms with Crippen LogP contribution in [0.3, 0.4) is 0 Å². The Bertz CT molecular complexity index is 519. The highest BCUT2D eigenvalue weighted by molar-refractivity contribution is 5.92. The van der Waals surface area contributed by atoms with Crippen LogP contribution in [0, 0.1) is 0 Å². The molecule has 3 heterocycles. The lowest BCUT2D eigenvalue weighted by Gasteiger charge is -2.27. The zero-order valence-electron chi connectivity index (χ0n) is 11.3. The van der Waals surface area contributed by atoms with Crippen molar-refractivity contribution in [2.24, 2.45) is 0 Å². The first kappa shape index (κ1) is 13.0. The maximum absolute atomic E-state index is 12.4. The van der Waals surface area contributed by atoms with Gasteiger partial charge in [-0.3, -0.25) is 14.6 Å². The molecule has 1 aromatic heterocycles. The molecule has 2 amide bonds. The molecule has 6 heteroatoms. The van der Waals surface area contributed by atoms with Crippen molar-refractivity contribution in [2.45, 2.75) is 37.6 Å². The Balaban J connectivity index is 1.69. The van der Waals surface area contributed by atoms with Gasteiger partial charge in [0.25, 0.3) is 5.91 Å². The largest absolute Gasteiger partial charge is 0.351 e. The lowest BCUT2D eigenvalue weighted by Crippen LogP contribution is -2.42. The average molecular weight is 274 g/mol. The summed E-state index contributed by atoms with van der Waals surface area (Å²) in [7, 11) is 0. The summed E-state index contributed by atoms with van der Waals surface area (Å²) in [6, 6.07) is 0. The molecule has 1 atom stereocenters. The molecule has 1 aromatic rings. The number of carbonyl (C=O) groups excluding carboxylic acids is 2. The van der Waals surface area contributed by atoms with Crippen molar-refractivity contribution >= 4 is 11.8 Å². The van der Waals surface area contributed by atoms with Gasteiger partial charge in [0.15, 0.2) is 0 Å². The molecule has 1 unspecified atom stereocenters. The summed E-state index contributed by atoms with van der Waals surface area (Å²) in [6.45, 7) is 1.38. The number of rotatable bonds is 1. The van der Waals surface area contributed by atoms with Gasteiger partial charge in [-0.25, -0.2) is 4.98 Å². The van der Waals surface area contributed by atoms with Gasteiger partial charge in [-0.2, -0.15) is 0 Å². The van der Waals surface area contributed by atoms with E-state index in [-0.39, 0.29) is 17.4 Å². The Hall–Kier alpha value is -1.98. The number of nitrogens with zero attached hydrogens (tertiary/aromatic N) is 3. The first-order valence-electron chi connectivity index (χ1n) is 7.05. The van der Waals surface area contributed by atoms with Gasteiger partial charge >= 0.3 is 0 Å². The van der Waals surface area contributed by atoms with E-state index in [0.717, 1.165) is 25.7 Å². The molecule has 2 aliphatic rings. The van der Waals surface area contributed by atoms with Crippen molar-refractivity contribution < 1.29 is 9.59 Å². The molecule has 0 radical (unpaired) electrons. The third-order valence-electron chi connectivity index (χ3n) is 4.25. The van der Waals surface area contributed by atoms with Crippen LogP contribution in [-0.4, -0.2) is 45.3 Å². The molecule has 0 bridgehead atoms. The lowest BCUT2D eigenvalue weighted by molar-refractivity contribution is -0.119. The topological polar surface area (TPSA) is 75.2 Å². The molecule has 0 saturated carbocycles. The highest BCUT2D eigenvalue weighted by Crippen LogP contribution is 2.31. The molecular weight excluding hydrogens is 256 g/mol. The van der Waals surface area contributed by atoms with E-state index < -0.39 is 0 Å². The minimum Gasteiger partial charge on any atom is -0.351 e. The van der Waals surface area contributed by atoms with Crippen molar-refractivity contribution in [1.29, 1.82) is 0 Å². The molecule has 0 aliphatic carbocycles. The summed E-state index contributed by atoms with van der Waals surface area (Å²) in [6.07, 6.45) is 8.77. The maximum atomic E-state index is 12.4. The number of nitrogens with one attached hydrogen (secondary N) is 1. The summed E-state index contributed by atoms with van der Waals surface area (Å²) in [4.78, 5) is 33.6. The fraction of sp³-hybridized carbons (Fsp3) is 0.571. The molecule has 3 rings (SSSR count). The molecule has 2 saturated heterocycles. The third-order valence-corrected chi connectivity index (χ3v) is 4.25. The van der Waals surface area contributed by atoms with E-state index in [1.54, 1.807) is 6.20 Å². The van der Waals surface area contributed by atoms with Crippen LogP contribution in [0.1, 0.15) is 42.6 Å². The zero-order valence-corrected chi connectivity index (χ0v) is 11.3. The van der Waals surface area contributed by atoms with E-state index in [4.69, 9.17) is 0 Å². The Labute approximate surface area is 117 Å². The maximum Gasteiger partial charge on any atom is 0.274 e. The molecular formula is C14H18N4O2. The van der Waals surface area contributed by atoms with Crippen molar-refractivity contribution in [3.05, 3.63) is 24.3 Å². The molecule has 0 aromatic carbocycles. The predicted octanol–water partition coefficient (Wildman–Crippen LogP) is 0.751. The molecule has 1 N–H and O–H groups in total. The Kier molecular flexibility index (Phi) is 3.38. The summed E-state index contributed by atoms with van der Waals surface area (Å²) >= 11 is 0. The van der Waals surface area contributed by atoms with Crippen LogP contribution in [-0.2, 0) is 4.79 Å². The van der Waals surface area contributed by atoms with Crippen molar-refractivity contribution in [3.63, 3.8) is 0 Å². The lowest BCUT2D eigenvalue weighted by atomic mass is 9.89. The van der Waals surface area contributed by atoms with Crippen LogP contribution in [0.5, 0.6) is 0 Å². The van der Waals surface area contributed by atoms with Gasteiger partial charge in [-0.15, -0.1) is 0 Å². The van der Waals surface area contributed by atoms with Crippen molar-refractivity contribution in [2.75, 3.05) is 13.1 Å². The quantitative estimate of drug-likeness (QED) is 0.820. The SMILES string of the molecule is O=C1CCC2(CCCN(C(=O)c3cnccn3)CC2)N1. The normalized spacial score (nSPS) is 26.4. The number of amides is 2. The number of hydrogen-bond acceptors (Lipinski definition) is 4. The average Bonchev–Trinajstić information content (AvgIpc) is 2.71. The fourth-order valence-electron chi connectivity index (χ4n) is 3.12.